The fourth-order valence-electron chi connectivity index (χ4n) is 3.74. The molecule has 0 aromatic carbocycles. The smallest absolute Gasteiger partial charge is 0.223 e. The van der Waals surface area contributed by atoms with E-state index in [1.807, 2.05) is 20.0 Å². The van der Waals surface area contributed by atoms with Crippen LogP contribution in [0.3, 0.4) is 0 Å². The maximum absolute atomic E-state index is 12.5. The summed E-state index contributed by atoms with van der Waals surface area (Å²) in [5, 5.41) is 3.28. The molecule has 1 N–H and O–H groups in total. The highest BCUT2D eigenvalue weighted by Crippen LogP contribution is 2.25. The molecule has 0 atom stereocenters. The first kappa shape index (κ1) is 16.2. The van der Waals surface area contributed by atoms with Gasteiger partial charge in [-0.25, -0.2) is 4.98 Å². The number of anilines is 1. The van der Waals surface area contributed by atoms with Gasteiger partial charge in [0.25, 0.3) is 0 Å². The first-order chi connectivity index (χ1) is 11.1. The Morgan fingerprint density at radius 2 is 1.83 bits per heavy atom. The lowest BCUT2D eigenvalue weighted by atomic mass is 9.92. The van der Waals surface area contributed by atoms with Gasteiger partial charge >= 0.3 is 0 Å². The van der Waals surface area contributed by atoms with E-state index in [9.17, 15) is 4.79 Å². The highest BCUT2D eigenvalue weighted by atomic mass is 16.1. The molecular weight excluding hydrogens is 288 g/mol. The third kappa shape index (κ3) is 4.01. The van der Waals surface area contributed by atoms with Gasteiger partial charge in [-0.05, 0) is 39.5 Å². The van der Waals surface area contributed by atoms with Crippen molar-refractivity contribution in [2.75, 3.05) is 18.0 Å². The number of hydrogen-bond donors (Lipinski definition) is 1. The lowest BCUT2D eigenvalue weighted by Crippen LogP contribution is -2.44. The van der Waals surface area contributed by atoms with Crippen LogP contribution in [0.15, 0.2) is 6.20 Å². The molecule has 1 saturated heterocycles. The van der Waals surface area contributed by atoms with E-state index in [0.717, 1.165) is 56.0 Å². The molecule has 2 fully saturated rings. The molecule has 5 nitrogen and oxygen atoms in total. The first-order valence-corrected chi connectivity index (χ1v) is 8.99. The zero-order valence-electron chi connectivity index (χ0n) is 14.3. The van der Waals surface area contributed by atoms with Gasteiger partial charge in [0.15, 0.2) is 0 Å². The largest absolute Gasteiger partial charge is 0.355 e. The first-order valence-electron chi connectivity index (χ1n) is 8.99. The number of carbonyl (C=O) groups is 1. The second-order valence-corrected chi connectivity index (χ2v) is 7.03. The monoisotopic (exact) mass is 316 g/mol. The van der Waals surface area contributed by atoms with Gasteiger partial charge in [0.05, 0.1) is 11.4 Å². The van der Waals surface area contributed by atoms with Crippen molar-refractivity contribution < 1.29 is 4.79 Å². The number of hydrogen-bond acceptors (Lipinski definition) is 4. The molecule has 0 spiro atoms. The molecule has 1 aliphatic carbocycles. The molecular formula is C18H28N4O. The van der Waals surface area contributed by atoms with Crippen LogP contribution in [-0.2, 0) is 4.79 Å². The van der Waals surface area contributed by atoms with E-state index in [-0.39, 0.29) is 11.8 Å². The van der Waals surface area contributed by atoms with E-state index in [0.29, 0.717) is 6.04 Å². The molecule has 2 heterocycles. The van der Waals surface area contributed by atoms with Crippen LogP contribution in [0.25, 0.3) is 0 Å². The van der Waals surface area contributed by atoms with Crippen LogP contribution < -0.4 is 10.2 Å². The van der Waals surface area contributed by atoms with Gasteiger partial charge in [-0.1, -0.05) is 19.3 Å². The van der Waals surface area contributed by atoms with E-state index in [1.54, 1.807) is 0 Å². The fourth-order valence-corrected chi connectivity index (χ4v) is 3.74. The van der Waals surface area contributed by atoms with Crippen LogP contribution in [0.5, 0.6) is 0 Å². The summed E-state index contributed by atoms with van der Waals surface area (Å²) in [6.07, 6.45) is 9.78. The number of amides is 1. The quantitative estimate of drug-likeness (QED) is 0.931. The fraction of sp³-hybridized carbons (Fsp3) is 0.722. The topological polar surface area (TPSA) is 58.1 Å². The van der Waals surface area contributed by atoms with Gasteiger partial charge in [-0.2, -0.15) is 0 Å². The Hall–Kier alpha value is -1.65. The summed E-state index contributed by atoms with van der Waals surface area (Å²) in [5.74, 6) is 1.41. The highest BCUT2D eigenvalue weighted by molar-refractivity contribution is 5.79. The van der Waals surface area contributed by atoms with E-state index >= 15 is 0 Å². The summed E-state index contributed by atoms with van der Waals surface area (Å²) in [7, 11) is 0. The second kappa shape index (κ2) is 7.28. The molecule has 1 aromatic heterocycles. The average Bonchev–Trinajstić information content (AvgIpc) is 2.58. The second-order valence-electron chi connectivity index (χ2n) is 7.03. The Kier molecular flexibility index (Phi) is 5.13. The number of nitrogens with one attached hydrogen (secondary N) is 1. The van der Waals surface area contributed by atoms with Crippen molar-refractivity contribution >= 4 is 11.7 Å². The summed E-state index contributed by atoms with van der Waals surface area (Å²) in [6.45, 7) is 5.76. The van der Waals surface area contributed by atoms with Crippen molar-refractivity contribution in [1.29, 1.82) is 0 Å². The number of carbonyl (C=O) groups excluding carboxylic acids is 1. The molecule has 5 heteroatoms. The number of aromatic nitrogens is 2. The van der Waals surface area contributed by atoms with E-state index in [2.05, 4.69) is 20.2 Å². The van der Waals surface area contributed by atoms with Crippen LogP contribution in [0, 0.1) is 19.8 Å². The molecule has 2 aliphatic rings. The molecule has 0 radical (unpaired) electrons. The number of piperidine rings is 1. The molecule has 3 rings (SSSR count). The lowest BCUT2D eigenvalue weighted by Gasteiger charge is -2.34. The molecule has 1 aromatic rings. The van der Waals surface area contributed by atoms with Crippen molar-refractivity contribution in [3.63, 3.8) is 0 Å². The van der Waals surface area contributed by atoms with Gasteiger partial charge in [0, 0.05) is 31.2 Å². The molecule has 0 bridgehead atoms. The minimum Gasteiger partial charge on any atom is -0.355 e. The Bertz CT molecular complexity index is 546. The number of aryl methyl sites for hydroxylation is 2. The van der Waals surface area contributed by atoms with E-state index < -0.39 is 0 Å². The minimum atomic E-state index is 0.159. The summed E-state index contributed by atoms with van der Waals surface area (Å²) in [6, 6.07) is 0.416. The Morgan fingerprint density at radius 3 is 2.52 bits per heavy atom. The third-order valence-electron chi connectivity index (χ3n) is 5.17. The maximum Gasteiger partial charge on any atom is 0.223 e. The molecule has 1 saturated carbocycles. The van der Waals surface area contributed by atoms with Crippen molar-refractivity contribution in [3.05, 3.63) is 17.6 Å². The molecule has 23 heavy (non-hydrogen) atoms. The van der Waals surface area contributed by atoms with Gasteiger partial charge in [-0.3, -0.25) is 9.78 Å². The SMILES string of the molecule is Cc1cnc(C)c(N2CCC(C(=O)NC3CCCCC3)CC2)n1. The zero-order chi connectivity index (χ0) is 16.2. The van der Waals surface area contributed by atoms with Crippen LogP contribution >= 0.6 is 0 Å². The van der Waals surface area contributed by atoms with Crippen LogP contribution in [0.1, 0.15) is 56.3 Å². The van der Waals surface area contributed by atoms with Gasteiger partial charge < -0.3 is 10.2 Å². The zero-order valence-corrected chi connectivity index (χ0v) is 14.3. The van der Waals surface area contributed by atoms with E-state index in [4.69, 9.17) is 0 Å². The molecule has 1 aliphatic heterocycles. The van der Waals surface area contributed by atoms with Gasteiger partial charge in [0.2, 0.25) is 5.91 Å². The number of nitrogens with zero attached hydrogens (tertiary/aromatic N) is 3. The Balaban J connectivity index is 1.53. The van der Waals surface area contributed by atoms with Gasteiger partial charge in [-0.15, -0.1) is 0 Å². The molecule has 1 amide bonds. The van der Waals surface area contributed by atoms with Crippen molar-refractivity contribution in [3.8, 4) is 0 Å². The van der Waals surface area contributed by atoms with Gasteiger partial charge in [0.1, 0.15) is 5.82 Å². The van der Waals surface area contributed by atoms with Crippen molar-refractivity contribution in [1.82, 2.24) is 15.3 Å². The molecule has 126 valence electrons. The summed E-state index contributed by atoms with van der Waals surface area (Å²) in [5.41, 5.74) is 1.92. The van der Waals surface area contributed by atoms with Crippen molar-refractivity contribution in [2.45, 2.75) is 64.8 Å². The van der Waals surface area contributed by atoms with Crippen LogP contribution in [-0.4, -0.2) is 35.0 Å². The average molecular weight is 316 g/mol. The predicted octanol–water partition coefficient (Wildman–Crippen LogP) is 2.76. The highest BCUT2D eigenvalue weighted by Gasteiger charge is 2.28. The van der Waals surface area contributed by atoms with Crippen molar-refractivity contribution in [2.24, 2.45) is 5.92 Å². The predicted molar refractivity (Wildman–Crippen MR) is 91.5 cm³/mol. The summed E-state index contributed by atoms with van der Waals surface area (Å²) >= 11 is 0. The Morgan fingerprint density at radius 1 is 1.13 bits per heavy atom. The Labute approximate surface area is 138 Å². The lowest BCUT2D eigenvalue weighted by molar-refractivity contribution is -0.126. The standard InChI is InChI=1S/C18H28N4O/c1-13-12-19-14(2)17(20-13)22-10-8-15(9-11-22)18(23)21-16-6-4-3-5-7-16/h12,15-16H,3-11H2,1-2H3,(H,21,23). The van der Waals surface area contributed by atoms with Crippen LogP contribution in [0.2, 0.25) is 0 Å². The maximum atomic E-state index is 12.5. The van der Waals surface area contributed by atoms with Crippen LogP contribution in [0.4, 0.5) is 5.82 Å². The third-order valence-corrected chi connectivity index (χ3v) is 5.17. The molecule has 0 unspecified atom stereocenters. The summed E-state index contributed by atoms with van der Waals surface area (Å²) < 4.78 is 0. The summed E-state index contributed by atoms with van der Waals surface area (Å²) in [4.78, 5) is 23.8. The number of rotatable bonds is 3. The van der Waals surface area contributed by atoms with E-state index in [1.165, 1.54) is 19.3 Å². The minimum absolute atomic E-state index is 0.159. The normalized spacial score (nSPS) is 20.5.